The Labute approximate surface area is 214 Å². The number of amides is 2. The molecule has 7 nitrogen and oxygen atoms in total. The summed E-state index contributed by atoms with van der Waals surface area (Å²) in [5.41, 5.74) is 2.56. The van der Waals surface area contributed by atoms with Crippen molar-refractivity contribution in [2.75, 3.05) is 38.1 Å². The smallest absolute Gasteiger partial charge is 0.412 e. The molecule has 2 amide bonds. The van der Waals surface area contributed by atoms with Crippen molar-refractivity contribution >= 4 is 23.9 Å². The maximum Gasteiger partial charge on any atom is 0.412 e. The van der Waals surface area contributed by atoms with Crippen LogP contribution in [0, 0.1) is 0 Å². The number of rotatable bonds is 6. The van der Waals surface area contributed by atoms with Gasteiger partial charge in [0.05, 0.1) is 11.2 Å². The molecule has 0 radical (unpaired) electrons. The number of ether oxygens (including phenoxy) is 1. The second-order valence-corrected chi connectivity index (χ2v) is 10.8. The van der Waals surface area contributed by atoms with E-state index in [1.54, 1.807) is 11.9 Å². The summed E-state index contributed by atoms with van der Waals surface area (Å²) in [5.74, 6) is 0. The van der Waals surface area contributed by atoms with E-state index in [-0.39, 0.29) is 11.6 Å². The lowest BCUT2D eigenvalue weighted by molar-refractivity contribution is 0.0318. The van der Waals surface area contributed by atoms with Crippen molar-refractivity contribution in [3.05, 3.63) is 60.2 Å². The molecule has 5 rings (SSSR count). The van der Waals surface area contributed by atoms with Gasteiger partial charge in [0.1, 0.15) is 5.60 Å². The Morgan fingerprint density at radius 3 is 2.28 bits per heavy atom. The van der Waals surface area contributed by atoms with Gasteiger partial charge < -0.3 is 19.6 Å². The van der Waals surface area contributed by atoms with Crippen molar-refractivity contribution in [3.8, 4) is 11.1 Å². The molecule has 7 heteroatoms. The molecular weight excluding hydrogens is 454 g/mol. The van der Waals surface area contributed by atoms with Crippen LogP contribution in [0.2, 0.25) is 0 Å². The highest BCUT2D eigenvalue weighted by molar-refractivity contribution is 5.95. The number of carbonyl (C=O) groups excluding carboxylic acids is 1. The van der Waals surface area contributed by atoms with Gasteiger partial charge in [0.25, 0.3) is 0 Å². The minimum Gasteiger partial charge on any atom is -0.465 e. The first-order valence-electron chi connectivity index (χ1n) is 12.6. The lowest BCUT2D eigenvalue weighted by Crippen LogP contribution is -2.62. The van der Waals surface area contributed by atoms with Crippen LogP contribution in [-0.4, -0.2) is 71.5 Å². The van der Waals surface area contributed by atoms with Crippen LogP contribution in [0.3, 0.4) is 0 Å². The first kappa shape index (κ1) is 25.8. The van der Waals surface area contributed by atoms with Gasteiger partial charge in [-0.25, -0.2) is 9.59 Å². The van der Waals surface area contributed by atoms with E-state index in [1.165, 1.54) is 4.90 Å². The molecule has 3 aliphatic heterocycles. The summed E-state index contributed by atoms with van der Waals surface area (Å²) < 4.78 is 5.42. The highest BCUT2D eigenvalue weighted by Gasteiger charge is 2.47. The number of piperidine rings is 3. The van der Waals surface area contributed by atoms with Gasteiger partial charge in [-0.2, -0.15) is 0 Å². The van der Waals surface area contributed by atoms with E-state index in [0.717, 1.165) is 55.6 Å². The number of nitrogens with zero attached hydrogens (tertiary/aromatic N) is 3. The number of anilines is 1. The van der Waals surface area contributed by atoms with Gasteiger partial charge in [0.2, 0.25) is 0 Å². The SMILES string of the molecule is CN(C/C=C/c1ccc(-c2ccccc2)c(N(C(=O)O)C23CCN(CC2)CC3)c1)C(=O)OC(C)(C)C. The molecule has 0 saturated carbocycles. The van der Waals surface area contributed by atoms with E-state index >= 15 is 0 Å². The third kappa shape index (κ3) is 5.73. The van der Waals surface area contributed by atoms with E-state index in [9.17, 15) is 14.7 Å². The second-order valence-electron chi connectivity index (χ2n) is 10.8. The standard InChI is InChI=1S/C29H37N3O4/c1-28(2,3)36-27(35)30(4)17-8-9-22-12-13-24(23-10-6-5-7-11-23)25(21-22)32(26(33)34)29-14-18-31(19-15-29)20-16-29/h5-13,21H,14-20H2,1-4H3,(H,33,34)/b9-8+. The summed E-state index contributed by atoms with van der Waals surface area (Å²) in [6, 6.07) is 15.9. The van der Waals surface area contributed by atoms with E-state index in [4.69, 9.17) is 4.74 Å². The van der Waals surface area contributed by atoms with E-state index in [0.29, 0.717) is 12.2 Å². The summed E-state index contributed by atoms with van der Waals surface area (Å²) >= 11 is 0. The molecule has 0 spiro atoms. The molecule has 0 aliphatic carbocycles. The van der Waals surface area contributed by atoms with Crippen LogP contribution in [-0.2, 0) is 4.74 Å². The van der Waals surface area contributed by atoms with E-state index in [1.807, 2.05) is 81.5 Å². The number of hydrogen-bond acceptors (Lipinski definition) is 4. The number of likely N-dealkylation sites (N-methyl/N-ethyl adjacent to an activating group) is 1. The maximum atomic E-state index is 12.8. The Bertz CT molecular complexity index is 1100. The fourth-order valence-corrected chi connectivity index (χ4v) is 5.17. The number of carbonyl (C=O) groups is 2. The average molecular weight is 492 g/mol. The molecule has 0 unspecified atom stereocenters. The van der Waals surface area contributed by atoms with Crippen LogP contribution < -0.4 is 4.90 Å². The molecule has 3 fully saturated rings. The maximum absolute atomic E-state index is 12.8. The third-order valence-electron chi connectivity index (χ3n) is 7.09. The zero-order valence-corrected chi connectivity index (χ0v) is 21.7. The van der Waals surface area contributed by atoms with Crippen LogP contribution in [0.1, 0.15) is 45.6 Å². The van der Waals surface area contributed by atoms with Crippen LogP contribution in [0.15, 0.2) is 54.6 Å². The third-order valence-corrected chi connectivity index (χ3v) is 7.09. The van der Waals surface area contributed by atoms with Gasteiger partial charge in [0, 0.05) is 38.8 Å². The summed E-state index contributed by atoms with van der Waals surface area (Å²) in [6.45, 7) is 8.70. The van der Waals surface area contributed by atoms with Crippen molar-refractivity contribution < 1.29 is 19.4 Å². The van der Waals surface area contributed by atoms with Crippen molar-refractivity contribution in [2.24, 2.45) is 0 Å². The summed E-state index contributed by atoms with van der Waals surface area (Å²) in [7, 11) is 1.70. The monoisotopic (exact) mass is 491 g/mol. The van der Waals surface area contributed by atoms with Crippen LogP contribution >= 0.6 is 0 Å². The first-order chi connectivity index (χ1) is 17.1. The molecular formula is C29H37N3O4. The Balaban J connectivity index is 1.66. The number of carboxylic acid groups (broad SMARTS) is 1. The molecule has 0 atom stereocenters. The van der Waals surface area contributed by atoms with Crippen molar-refractivity contribution in [1.29, 1.82) is 0 Å². The van der Waals surface area contributed by atoms with Crippen LogP contribution in [0.4, 0.5) is 15.3 Å². The molecule has 0 aromatic heterocycles. The summed E-state index contributed by atoms with van der Waals surface area (Å²) in [4.78, 5) is 30.6. The molecule has 2 aromatic carbocycles. The zero-order chi connectivity index (χ0) is 25.9. The Kier molecular flexibility index (Phi) is 7.41. The molecule has 3 saturated heterocycles. The molecule has 192 valence electrons. The highest BCUT2D eigenvalue weighted by Crippen LogP contribution is 2.43. The quantitative estimate of drug-likeness (QED) is 0.540. The molecule has 3 heterocycles. The van der Waals surface area contributed by atoms with Gasteiger partial charge in [-0.05, 0) is 57.2 Å². The lowest BCUT2D eigenvalue weighted by Gasteiger charge is -2.53. The fourth-order valence-electron chi connectivity index (χ4n) is 5.17. The topological polar surface area (TPSA) is 73.3 Å². The number of hydrogen-bond donors (Lipinski definition) is 1. The predicted octanol–water partition coefficient (Wildman–Crippen LogP) is 5.96. The molecule has 2 bridgehead atoms. The van der Waals surface area contributed by atoms with Gasteiger partial charge in [-0.15, -0.1) is 0 Å². The van der Waals surface area contributed by atoms with Gasteiger partial charge >= 0.3 is 12.2 Å². The highest BCUT2D eigenvalue weighted by atomic mass is 16.6. The number of fused-ring (bicyclic) bond motifs is 3. The Morgan fingerprint density at radius 2 is 1.69 bits per heavy atom. The summed E-state index contributed by atoms with van der Waals surface area (Å²) in [6.07, 6.45) is 5.06. The fraction of sp³-hybridized carbons (Fsp3) is 0.448. The molecule has 3 aliphatic rings. The lowest BCUT2D eigenvalue weighted by atomic mass is 9.78. The normalized spacial score (nSPS) is 21.4. The Morgan fingerprint density at radius 1 is 1.06 bits per heavy atom. The largest absolute Gasteiger partial charge is 0.465 e. The first-order valence-corrected chi connectivity index (χ1v) is 12.6. The van der Waals surface area contributed by atoms with Crippen molar-refractivity contribution in [3.63, 3.8) is 0 Å². The average Bonchev–Trinajstić information content (AvgIpc) is 2.84. The molecule has 36 heavy (non-hydrogen) atoms. The minimum atomic E-state index is -0.909. The van der Waals surface area contributed by atoms with Crippen molar-refractivity contribution in [1.82, 2.24) is 9.80 Å². The van der Waals surface area contributed by atoms with E-state index < -0.39 is 11.7 Å². The van der Waals surface area contributed by atoms with Gasteiger partial charge in [-0.1, -0.05) is 54.6 Å². The van der Waals surface area contributed by atoms with Crippen LogP contribution in [0.5, 0.6) is 0 Å². The number of benzene rings is 2. The molecule has 1 N–H and O–H groups in total. The van der Waals surface area contributed by atoms with Gasteiger partial charge in [-0.3, -0.25) is 4.90 Å². The molecule has 2 aromatic rings. The van der Waals surface area contributed by atoms with E-state index in [2.05, 4.69) is 4.90 Å². The summed E-state index contributed by atoms with van der Waals surface area (Å²) in [5, 5.41) is 10.5. The predicted molar refractivity (Wildman–Crippen MR) is 143 cm³/mol. The van der Waals surface area contributed by atoms with Gasteiger partial charge in [0.15, 0.2) is 0 Å². The Hall–Kier alpha value is -3.32. The van der Waals surface area contributed by atoms with Crippen molar-refractivity contribution in [2.45, 2.75) is 51.2 Å². The van der Waals surface area contributed by atoms with Crippen LogP contribution in [0.25, 0.3) is 17.2 Å². The second kappa shape index (κ2) is 10.3. The minimum absolute atomic E-state index is 0.382. The zero-order valence-electron chi connectivity index (χ0n) is 21.7.